The van der Waals surface area contributed by atoms with Gasteiger partial charge < -0.3 is 20.5 Å². The molecule has 0 aromatic heterocycles. The van der Waals surface area contributed by atoms with Gasteiger partial charge in [0.05, 0.1) is 25.4 Å². The number of ether oxygens (including phenoxy) is 2. The zero-order chi connectivity index (χ0) is 12.3. The SMILES string of the molecule is COc1cc(C(=O)N[C@H]2CCOC2)ccc1N. The summed E-state index contributed by atoms with van der Waals surface area (Å²) in [6.07, 6.45) is 0.859. The first-order valence-electron chi connectivity index (χ1n) is 5.53. The number of benzene rings is 1. The summed E-state index contributed by atoms with van der Waals surface area (Å²) < 4.78 is 10.3. The van der Waals surface area contributed by atoms with E-state index in [1.807, 2.05) is 0 Å². The molecule has 1 aromatic carbocycles. The Bertz CT molecular complexity index is 414. The summed E-state index contributed by atoms with van der Waals surface area (Å²) in [5.41, 5.74) is 6.75. The fourth-order valence-electron chi connectivity index (χ4n) is 1.77. The summed E-state index contributed by atoms with van der Waals surface area (Å²) in [6.45, 7) is 1.29. The van der Waals surface area contributed by atoms with Crippen LogP contribution in [0.5, 0.6) is 5.75 Å². The van der Waals surface area contributed by atoms with Gasteiger partial charge in [-0.15, -0.1) is 0 Å². The standard InChI is InChI=1S/C12H16N2O3/c1-16-11-6-8(2-3-10(11)13)12(15)14-9-4-5-17-7-9/h2-3,6,9H,4-5,7,13H2,1H3,(H,14,15)/t9-/m0/s1. The Kier molecular flexibility index (Phi) is 3.49. The molecule has 0 radical (unpaired) electrons. The Balaban J connectivity index is 2.07. The molecule has 0 unspecified atom stereocenters. The normalized spacial score (nSPS) is 19.0. The molecule has 5 heteroatoms. The van der Waals surface area contributed by atoms with E-state index in [4.69, 9.17) is 15.2 Å². The van der Waals surface area contributed by atoms with E-state index in [-0.39, 0.29) is 11.9 Å². The van der Waals surface area contributed by atoms with Gasteiger partial charge in [-0.05, 0) is 24.6 Å². The number of hydrogen-bond donors (Lipinski definition) is 2. The molecule has 1 aliphatic rings. The van der Waals surface area contributed by atoms with Gasteiger partial charge in [0, 0.05) is 12.2 Å². The molecule has 1 amide bonds. The Morgan fingerprint density at radius 2 is 2.41 bits per heavy atom. The van der Waals surface area contributed by atoms with Gasteiger partial charge in [-0.1, -0.05) is 0 Å². The zero-order valence-electron chi connectivity index (χ0n) is 9.73. The third kappa shape index (κ3) is 2.68. The minimum atomic E-state index is -0.126. The Labute approximate surface area is 99.9 Å². The van der Waals surface area contributed by atoms with Crippen LogP contribution in [-0.2, 0) is 4.74 Å². The van der Waals surface area contributed by atoms with Gasteiger partial charge in [-0.25, -0.2) is 0 Å². The largest absolute Gasteiger partial charge is 0.495 e. The predicted molar refractivity (Wildman–Crippen MR) is 64.1 cm³/mol. The van der Waals surface area contributed by atoms with E-state index in [1.165, 1.54) is 7.11 Å². The van der Waals surface area contributed by atoms with Gasteiger partial charge in [0.15, 0.2) is 0 Å². The van der Waals surface area contributed by atoms with Crippen molar-refractivity contribution in [2.75, 3.05) is 26.1 Å². The first-order chi connectivity index (χ1) is 8.20. The summed E-state index contributed by atoms with van der Waals surface area (Å²) in [4.78, 5) is 11.9. The zero-order valence-corrected chi connectivity index (χ0v) is 9.73. The highest BCUT2D eigenvalue weighted by Gasteiger charge is 2.19. The van der Waals surface area contributed by atoms with Crippen LogP contribution >= 0.6 is 0 Å². The number of amides is 1. The predicted octanol–water partition coefficient (Wildman–Crippen LogP) is 0.796. The van der Waals surface area contributed by atoms with Crippen LogP contribution in [0.25, 0.3) is 0 Å². The molecule has 3 N–H and O–H groups in total. The van der Waals surface area contributed by atoms with Crippen LogP contribution in [0.4, 0.5) is 5.69 Å². The third-order valence-electron chi connectivity index (χ3n) is 2.76. The van der Waals surface area contributed by atoms with Crippen LogP contribution in [0.1, 0.15) is 16.8 Å². The minimum absolute atomic E-state index is 0.103. The van der Waals surface area contributed by atoms with E-state index in [1.54, 1.807) is 18.2 Å². The number of nitrogens with two attached hydrogens (primary N) is 1. The fourth-order valence-corrected chi connectivity index (χ4v) is 1.77. The van der Waals surface area contributed by atoms with Crippen LogP contribution in [-0.4, -0.2) is 32.3 Å². The smallest absolute Gasteiger partial charge is 0.251 e. The first-order valence-corrected chi connectivity index (χ1v) is 5.53. The summed E-state index contributed by atoms with van der Waals surface area (Å²) in [5, 5.41) is 2.91. The van der Waals surface area contributed by atoms with E-state index >= 15 is 0 Å². The number of hydrogen-bond acceptors (Lipinski definition) is 4. The maximum absolute atomic E-state index is 11.9. The van der Waals surface area contributed by atoms with Gasteiger partial charge >= 0.3 is 0 Å². The van der Waals surface area contributed by atoms with Gasteiger partial charge in [0.25, 0.3) is 5.91 Å². The van der Waals surface area contributed by atoms with E-state index in [0.29, 0.717) is 30.2 Å². The quantitative estimate of drug-likeness (QED) is 0.761. The molecule has 1 saturated heterocycles. The van der Waals surface area contributed by atoms with Crippen molar-refractivity contribution in [3.8, 4) is 5.75 Å². The van der Waals surface area contributed by atoms with Crippen LogP contribution in [0.15, 0.2) is 18.2 Å². The topological polar surface area (TPSA) is 73.6 Å². The van der Waals surface area contributed by atoms with Crippen molar-refractivity contribution >= 4 is 11.6 Å². The van der Waals surface area contributed by atoms with Gasteiger partial charge in [0.1, 0.15) is 5.75 Å². The molecule has 5 nitrogen and oxygen atoms in total. The monoisotopic (exact) mass is 236 g/mol. The van der Waals surface area contributed by atoms with Crippen molar-refractivity contribution in [2.24, 2.45) is 0 Å². The molecule has 2 rings (SSSR count). The van der Waals surface area contributed by atoms with Gasteiger partial charge in [-0.3, -0.25) is 4.79 Å². The van der Waals surface area contributed by atoms with Crippen molar-refractivity contribution < 1.29 is 14.3 Å². The molecular formula is C12H16N2O3. The molecule has 0 spiro atoms. The average molecular weight is 236 g/mol. The van der Waals surface area contributed by atoms with Crippen LogP contribution in [0.2, 0.25) is 0 Å². The van der Waals surface area contributed by atoms with E-state index < -0.39 is 0 Å². The summed E-state index contributed by atoms with van der Waals surface area (Å²) in [5.74, 6) is 0.388. The summed E-state index contributed by atoms with van der Waals surface area (Å²) in [6, 6.07) is 5.09. The molecular weight excluding hydrogens is 220 g/mol. The highest BCUT2D eigenvalue weighted by molar-refractivity contribution is 5.95. The maximum Gasteiger partial charge on any atom is 0.251 e. The number of anilines is 1. The second kappa shape index (κ2) is 5.05. The molecule has 92 valence electrons. The second-order valence-electron chi connectivity index (χ2n) is 3.99. The Morgan fingerprint density at radius 1 is 1.59 bits per heavy atom. The second-order valence-corrected chi connectivity index (χ2v) is 3.99. The number of rotatable bonds is 3. The van der Waals surface area contributed by atoms with E-state index in [0.717, 1.165) is 6.42 Å². The molecule has 1 fully saturated rings. The molecule has 1 atom stereocenters. The highest BCUT2D eigenvalue weighted by Crippen LogP contribution is 2.22. The number of carbonyl (C=O) groups is 1. The van der Waals surface area contributed by atoms with Crippen LogP contribution in [0.3, 0.4) is 0 Å². The number of nitrogens with one attached hydrogen (secondary N) is 1. The van der Waals surface area contributed by atoms with Crippen molar-refractivity contribution in [3.63, 3.8) is 0 Å². The van der Waals surface area contributed by atoms with E-state index in [2.05, 4.69) is 5.32 Å². The van der Waals surface area contributed by atoms with E-state index in [9.17, 15) is 4.79 Å². The molecule has 1 heterocycles. The molecule has 0 bridgehead atoms. The van der Waals surface area contributed by atoms with Crippen LogP contribution < -0.4 is 15.8 Å². The highest BCUT2D eigenvalue weighted by atomic mass is 16.5. The van der Waals surface area contributed by atoms with Crippen molar-refractivity contribution in [2.45, 2.75) is 12.5 Å². The molecule has 1 aliphatic heterocycles. The molecule has 0 saturated carbocycles. The number of methoxy groups -OCH3 is 1. The minimum Gasteiger partial charge on any atom is -0.495 e. The number of nitrogen functional groups attached to an aromatic ring is 1. The van der Waals surface area contributed by atoms with Gasteiger partial charge in [0.2, 0.25) is 0 Å². The molecule has 1 aromatic rings. The van der Waals surface area contributed by atoms with Crippen LogP contribution in [0, 0.1) is 0 Å². The third-order valence-corrected chi connectivity index (χ3v) is 2.76. The maximum atomic E-state index is 11.9. The van der Waals surface area contributed by atoms with Crippen molar-refractivity contribution in [3.05, 3.63) is 23.8 Å². The lowest BCUT2D eigenvalue weighted by atomic mass is 10.1. The fraction of sp³-hybridized carbons (Fsp3) is 0.417. The molecule has 17 heavy (non-hydrogen) atoms. The lowest BCUT2D eigenvalue weighted by molar-refractivity contribution is 0.0929. The number of carbonyl (C=O) groups excluding carboxylic acids is 1. The molecule has 0 aliphatic carbocycles. The summed E-state index contributed by atoms with van der Waals surface area (Å²) in [7, 11) is 1.53. The lowest BCUT2D eigenvalue weighted by Gasteiger charge is -2.12. The Hall–Kier alpha value is -1.75. The van der Waals surface area contributed by atoms with Crippen molar-refractivity contribution in [1.82, 2.24) is 5.32 Å². The lowest BCUT2D eigenvalue weighted by Crippen LogP contribution is -2.34. The average Bonchev–Trinajstić information content (AvgIpc) is 2.82. The van der Waals surface area contributed by atoms with Crippen molar-refractivity contribution in [1.29, 1.82) is 0 Å². The first kappa shape index (κ1) is 11.7. The van der Waals surface area contributed by atoms with Gasteiger partial charge in [-0.2, -0.15) is 0 Å². The Morgan fingerprint density at radius 3 is 3.06 bits per heavy atom. The summed E-state index contributed by atoms with van der Waals surface area (Å²) >= 11 is 0.